The van der Waals surface area contributed by atoms with E-state index in [2.05, 4.69) is 17.4 Å². The van der Waals surface area contributed by atoms with Gasteiger partial charge in [0, 0.05) is 18.4 Å². The maximum absolute atomic E-state index is 12.4. The Morgan fingerprint density at radius 3 is 2.23 bits per heavy atom. The van der Waals surface area contributed by atoms with Gasteiger partial charge in [-0.1, -0.05) is 54.6 Å². The summed E-state index contributed by atoms with van der Waals surface area (Å²) in [6.07, 6.45) is 1.88. The van der Waals surface area contributed by atoms with E-state index in [1.54, 1.807) is 6.92 Å². The molecule has 2 N–H and O–H groups in total. The molecule has 0 saturated heterocycles. The second-order valence-corrected chi connectivity index (χ2v) is 7.12. The lowest BCUT2D eigenvalue weighted by Gasteiger charge is -2.17. The van der Waals surface area contributed by atoms with Gasteiger partial charge in [-0.25, -0.2) is 9.59 Å². The van der Waals surface area contributed by atoms with Crippen molar-refractivity contribution in [3.05, 3.63) is 71.8 Å². The van der Waals surface area contributed by atoms with Crippen LogP contribution >= 0.6 is 0 Å². The largest absolute Gasteiger partial charge is 0.481 e. The van der Waals surface area contributed by atoms with E-state index in [0.717, 1.165) is 22.3 Å². The van der Waals surface area contributed by atoms with Gasteiger partial charge in [-0.2, -0.15) is 0 Å². The third kappa shape index (κ3) is 5.72. The Bertz CT molecular complexity index is 938. The Kier molecular flexibility index (Phi) is 7.43. The zero-order valence-electron chi connectivity index (χ0n) is 17.2. The molecular weight excluding hydrogens is 398 g/mol. The first kappa shape index (κ1) is 22.1. The second kappa shape index (κ2) is 10.4. The highest BCUT2D eigenvalue weighted by molar-refractivity contribution is 5.82. The molecule has 1 aliphatic rings. The minimum absolute atomic E-state index is 0.0781. The molecule has 0 spiro atoms. The first-order chi connectivity index (χ1) is 15.0. The van der Waals surface area contributed by atoms with E-state index in [1.807, 2.05) is 36.4 Å². The number of alkyl carbamates (subject to hydrolysis) is 1. The summed E-state index contributed by atoms with van der Waals surface area (Å²) in [6.45, 7) is 2.05. The van der Waals surface area contributed by atoms with Crippen molar-refractivity contribution in [1.29, 1.82) is 0 Å². The van der Waals surface area contributed by atoms with Crippen LogP contribution in [0.1, 0.15) is 36.8 Å². The summed E-state index contributed by atoms with van der Waals surface area (Å²) >= 11 is 0. The van der Waals surface area contributed by atoms with Crippen LogP contribution < -0.4 is 5.32 Å². The zero-order chi connectivity index (χ0) is 22.2. The lowest BCUT2D eigenvalue weighted by atomic mass is 9.98. The standard InChI is InChI=1S/C24H25NO6/c1-2-30-23(28)14-12-16(11-13-22(26)27)25-24(29)31-15-21-19-9-5-3-7-17(19)18-8-4-6-10-20(18)21/h3-10,12,14,16,21H,2,11,13,15H2,1H3,(H,25,29)(H,26,27)/b14-12+. The number of rotatable bonds is 9. The van der Waals surface area contributed by atoms with Crippen LogP contribution in [0, 0.1) is 0 Å². The topological polar surface area (TPSA) is 102 Å². The molecule has 0 aliphatic heterocycles. The summed E-state index contributed by atoms with van der Waals surface area (Å²) in [5.41, 5.74) is 4.45. The summed E-state index contributed by atoms with van der Waals surface area (Å²) in [6, 6.07) is 15.4. The molecular formula is C24H25NO6. The van der Waals surface area contributed by atoms with Crippen LogP contribution in [0.25, 0.3) is 11.1 Å². The number of ether oxygens (including phenoxy) is 2. The number of hydrogen-bond acceptors (Lipinski definition) is 5. The van der Waals surface area contributed by atoms with Crippen molar-refractivity contribution >= 4 is 18.0 Å². The summed E-state index contributed by atoms with van der Waals surface area (Å²) in [5, 5.41) is 11.6. The molecule has 7 nitrogen and oxygen atoms in total. The van der Waals surface area contributed by atoms with Gasteiger partial charge >= 0.3 is 18.0 Å². The van der Waals surface area contributed by atoms with Crippen molar-refractivity contribution in [2.45, 2.75) is 31.7 Å². The number of benzene rings is 2. The fourth-order valence-corrected chi connectivity index (χ4v) is 3.67. The lowest BCUT2D eigenvalue weighted by molar-refractivity contribution is -0.138. The van der Waals surface area contributed by atoms with E-state index < -0.39 is 24.1 Å². The fraction of sp³-hybridized carbons (Fsp3) is 0.292. The minimum Gasteiger partial charge on any atom is -0.481 e. The minimum atomic E-state index is -0.996. The number of carboxylic acid groups (broad SMARTS) is 1. The summed E-state index contributed by atoms with van der Waals surface area (Å²) < 4.78 is 10.3. The number of esters is 1. The van der Waals surface area contributed by atoms with Crippen molar-refractivity contribution < 1.29 is 29.0 Å². The Hall–Kier alpha value is -3.61. The Morgan fingerprint density at radius 1 is 1.03 bits per heavy atom. The number of carboxylic acids is 1. The van der Waals surface area contributed by atoms with Gasteiger partial charge in [0.25, 0.3) is 0 Å². The molecule has 2 aromatic rings. The molecule has 1 unspecified atom stereocenters. The molecule has 0 fully saturated rings. The maximum Gasteiger partial charge on any atom is 0.407 e. The van der Waals surface area contributed by atoms with Crippen LogP contribution in [0.2, 0.25) is 0 Å². The smallest absolute Gasteiger partial charge is 0.407 e. The van der Waals surface area contributed by atoms with Crippen LogP contribution in [0.5, 0.6) is 0 Å². The zero-order valence-corrected chi connectivity index (χ0v) is 17.2. The molecule has 0 bridgehead atoms. The van der Waals surface area contributed by atoms with Gasteiger partial charge in [0.05, 0.1) is 12.6 Å². The normalized spacial score (nSPS) is 13.3. The van der Waals surface area contributed by atoms with Gasteiger partial charge < -0.3 is 19.9 Å². The molecule has 1 amide bonds. The van der Waals surface area contributed by atoms with Crippen molar-refractivity contribution in [3.63, 3.8) is 0 Å². The van der Waals surface area contributed by atoms with Gasteiger partial charge in [0.2, 0.25) is 0 Å². The SMILES string of the molecule is CCOC(=O)/C=C/C(CCC(=O)O)NC(=O)OCC1c2ccccc2-c2ccccc21. The predicted octanol–water partition coefficient (Wildman–Crippen LogP) is 3.88. The highest BCUT2D eigenvalue weighted by Gasteiger charge is 2.29. The van der Waals surface area contributed by atoms with E-state index in [0.29, 0.717) is 0 Å². The van der Waals surface area contributed by atoms with Gasteiger partial charge in [0.1, 0.15) is 6.61 Å². The predicted molar refractivity (Wildman–Crippen MR) is 115 cm³/mol. The number of nitrogens with one attached hydrogen (secondary N) is 1. The van der Waals surface area contributed by atoms with Crippen molar-refractivity contribution in [2.75, 3.05) is 13.2 Å². The number of carbonyl (C=O) groups excluding carboxylic acids is 2. The monoisotopic (exact) mass is 423 g/mol. The van der Waals surface area contributed by atoms with Crippen LogP contribution in [0.4, 0.5) is 4.79 Å². The Balaban J connectivity index is 1.64. The third-order valence-corrected chi connectivity index (χ3v) is 5.07. The molecule has 1 aliphatic carbocycles. The van der Waals surface area contributed by atoms with E-state index in [-0.39, 0.29) is 32.0 Å². The van der Waals surface area contributed by atoms with Crippen LogP contribution in [-0.4, -0.2) is 42.4 Å². The summed E-state index contributed by atoms with van der Waals surface area (Å²) in [5.74, 6) is -1.63. The first-order valence-electron chi connectivity index (χ1n) is 10.2. The Morgan fingerprint density at radius 2 is 1.65 bits per heavy atom. The van der Waals surface area contributed by atoms with Crippen molar-refractivity contribution in [3.8, 4) is 11.1 Å². The van der Waals surface area contributed by atoms with Gasteiger partial charge in [-0.3, -0.25) is 4.79 Å². The molecule has 0 radical (unpaired) electrons. The van der Waals surface area contributed by atoms with Crippen LogP contribution in [-0.2, 0) is 19.1 Å². The summed E-state index contributed by atoms with van der Waals surface area (Å²) in [4.78, 5) is 34.9. The highest BCUT2D eigenvalue weighted by Crippen LogP contribution is 2.44. The molecule has 7 heteroatoms. The Labute approximate surface area is 180 Å². The van der Waals surface area contributed by atoms with Gasteiger partial charge in [-0.15, -0.1) is 0 Å². The van der Waals surface area contributed by atoms with Gasteiger partial charge in [-0.05, 0) is 35.6 Å². The fourth-order valence-electron chi connectivity index (χ4n) is 3.67. The summed E-state index contributed by atoms with van der Waals surface area (Å²) in [7, 11) is 0. The van der Waals surface area contributed by atoms with E-state index in [9.17, 15) is 14.4 Å². The molecule has 3 rings (SSSR count). The molecule has 2 aromatic carbocycles. The van der Waals surface area contributed by atoms with E-state index in [1.165, 1.54) is 12.2 Å². The van der Waals surface area contributed by atoms with Gasteiger partial charge in [0.15, 0.2) is 0 Å². The quantitative estimate of drug-likeness (QED) is 0.469. The molecule has 1 atom stereocenters. The lowest BCUT2D eigenvalue weighted by Crippen LogP contribution is -2.35. The first-order valence-corrected chi connectivity index (χ1v) is 10.2. The van der Waals surface area contributed by atoms with E-state index in [4.69, 9.17) is 14.6 Å². The highest BCUT2D eigenvalue weighted by atomic mass is 16.5. The third-order valence-electron chi connectivity index (χ3n) is 5.07. The molecule has 0 saturated carbocycles. The maximum atomic E-state index is 12.4. The number of fused-ring (bicyclic) bond motifs is 3. The second-order valence-electron chi connectivity index (χ2n) is 7.12. The molecule has 162 valence electrons. The van der Waals surface area contributed by atoms with Crippen LogP contribution in [0.3, 0.4) is 0 Å². The number of aliphatic carboxylic acids is 1. The average Bonchev–Trinajstić information content (AvgIpc) is 3.08. The molecule has 31 heavy (non-hydrogen) atoms. The number of hydrogen-bond donors (Lipinski definition) is 2. The van der Waals surface area contributed by atoms with Crippen LogP contribution in [0.15, 0.2) is 60.7 Å². The number of amides is 1. The molecule has 0 aromatic heterocycles. The molecule has 0 heterocycles. The van der Waals surface area contributed by atoms with E-state index >= 15 is 0 Å². The average molecular weight is 423 g/mol. The number of carbonyl (C=O) groups is 3. The van der Waals surface area contributed by atoms with Crippen molar-refractivity contribution in [2.24, 2.45) is 0 Å². The van der Waals surface area contributed by atoms with Crippen molar-refractivity contribution in [1.82, 2.24) is 5.32 Å².